The van der Waals surface area contributed by atoms with Crippen LogP contribution in [-0.4, -0.2) is 13.2 Å². The minimum atomic E-state index is -1.59. The van der Waals surface area contributed by atoms with Crippen molar-refractivity contribution in [2.24, 2.45) is 0 Å². The van der Waals surface area contributed by atoms with E-state index < -0.39 is 8.07 Å². The Balaban J connectivity index is 2.23. The predicted octanol–water partition coefficient (Wildman–Crippen LogP) is 4.55. The molecule has 0 aliphatic heterocycles. The van der Waals surface area contributed by atoms with Crippen LogP contribution in [0.1, 0.15) is 0 Å². The van der Waals surface area contributed by atoms with Gasteiger partial charge >= 0.3 is 0 Å². The van der Waals surface area contributed by atoms with Gasteiger partial charge in [-0.15, -0.1) is 0 Å². The fourth-order valence-corrected chi connectivity index (χ4v) is 4.34. The third-order valence-electron chi connectivity index (χ3n) is 3.53. The lowest BCUT2D eigenvalue weighted by molar-refractivity contribution is 0.435. The highest BCUT2D eigenvalue weighted by molar-refractivity contribution is 6.90. The van der Waals surface area contributed by atoms with Gasteiger partial charge in [0.1, 0.15) is 5.69 Å². The molecule has 3 rings (SSSR count). The third kappa shape index (κ3) is 2.69. The van der Waals surface area contributed by atoms with Gasteiger partial charge in [0.05, 0.1) is 8.07 Å². The molecule has 3 aromatic rings. The highest BCUT2D eigenvalue weighted by Gasteiger charge is 2.29. The first-order valence-corrected chi connectivity index (χ1v) is 10.7. The summed E-state index contributed by atoms with van der Waals surface area (Å²) >= 11 is 0. The fraction of sp³-hybridized carbons (Fsp3) is 0.167. The molecule has 3 heteroatoms. The summed E-state index contributed by atoms with van der Waals surface area (Å²) in [5.41, 5.74) is 3.22. The summed E-state index contributed by atoms with van der Waals surface area (Å²) in [6, 6.07) is 20.6. The highest BCUT2D eigenvalue weighted by atomic mass is 28.3. The van der Waals surface area contributed by atoms with Crippen molar-refractivity contribution in [3.05, 3.63) is 60.7 Å². The number of benzene rings is 2. The third-order valence-corrected chi connectivity index (χ3v) is 5.49. The number of nitrogens with zero attached hydrogens (tertiary/aromatic N) is 1. The van der Waals surface area contributed by atoms with E-state index in [0.29, 0.717) is 0 Å². The normalized spacial score (nSPS) is 11.6. The molecule has 0 unspecified atom stereocenters. The van der Waals surface area contributed by atoms with Crippen molar-refractivity contribution in [3.8, 4) is 22.6 Å². The number of rotatable bonds is 3. The van der Waals surface area contributed by atoms with Crippen LogP contribution in [0.25, 0.3) is 22.6 Å². The van der Waals surface area contributed by atoms with E-state index in [-0.39, 0.29) is 0 Å². The molecule has 2 aromatic carbocycles. The maximum Gasteiger partial charge on any atom is 0.166 e. The van der Waals surface area contributed by atoms with Crippen molar-refractivity contribution >= 4 is 13.3 Å². The Labute approximate surface area is 126 Å². The van der Waals surface area contributed by atoms with E-state index in [1.807, 2.05) is 36.4 Å². The van der Waals surface area contributed by atoms with Crippen LogP contribution in [0.3, 0.4) is 0 Å². The van der Waals surface area contributed by atoms with E-state index in [9.17, 15) is 0 Å². The molecule has 106 valence electrons. The van der Waals surface area contributed by atoms with E-state index in [1.165, 1.54) is 5.19 Å². The van der Waals surface area contributed by atoms with Crippen LogP contribution in [-0.2, 0) is 0 Å². The second kappa shape index (κ2) is 5.33. The van der Waals surface area contributed by atoms with Gasteiger partial charge in [-0.2, -0.15) is 0 Å². The van der Waals surface area contributed by atoms with Crippen molar-refractivity contribution < 1.29 is 4.52 Å². The van der Waals surface area contributed by atoms with Crippen molar-refractivity contribution in [1.82, 2.24) is 5.16 Å². The van der Waals surface area contributed by atoms with Gasteiger partial charge in [-0.25, -0.2) is 0 Å². The molecule has 0 saturated heterocycles. The summed E-state index contributed by atoms with van der Waals surface area (Å²) in [6.45, 7) is 7.00. The van der Waals surface area contributed by atoms with E-state index in [2.05, 4.69) is 49.1 Å². The monoisotopic (exact) mass is 293 g/mol. The number of aromatic nitrogens is 1. The van der Waals surface area contributed by atoms with Crippen LogP contribution in [0.5, 0.6) is 0 Å². The summed E-state index contributed by atoms with van der Waals surface area (Å²) in [6.07, 6.45) is 0. The maximum absolute atomic E-state index is 5.75. The molecule has 1 aromatic heterocycles. The predicted molar refractivity (Wildman–Crippen MR) is 90.4 cm³/mol. The Morgan fingerprint density at radius 2 is 1.29 bits per heavy atom. The molecule has 0 bridgehead atoms. The zero-order valence-electron chi connectivity index (χ0n) is 12.6. The van der Waals surface area contributed by atoms with E-state index >= 15 is 0 Å². The van der Waals surface area contributed by atoms with E-state index in [4.69, 9.17) is 4.52 Å². The summed E-state index contributed by atoms with van der Waals surface area (Å²) in [4.78, 5) is 0. The molecule has 0 saturated carbocycles. The van der Waals surface area contributed by atoms with E-state index in [0.717, 1.165) is 22.6 Å². The van der Waals surface area contributed by atoms with Crippen molar-refractivity contribution in [1.29, 1.82) is 0 Å². The smallest absolute Gasteiger partial charge is 0.166 e. The van der Waals surface area contributed by atoms with Crippen LogP contribution in [0.2, 0.25) is 19.6 Å². The highest BCUT2D eigenvalue weighted by Crippen LogP contribution is 2.27. The average Bonchev–Trinajstić information content (AvgIpc) is 2.94. The molecule has 0 spiro atoms. The van der Waals surface area contributed by atoms with Gasteiger partial charge in [0.25, 0.3) is 0 Å². The van der Waals surface area contributed by atoms with Gasteiger partial charge in [0, 0.05) is 16.3 Å². The van der Waals surface area contributed by atoms with Crippen molar-refractivity contribution in [2.45, 2.75) is 19.6 Å². The van der Waals surface area contributed by atoms with Crippen LogP contribution in [0.4, 0.5) is 0 Å². The fourth-order valence-electron chi connectivity index (χ4n) is 2.57. The van der Waals surface area contributed by atoms with Crippen LogP contribution in [0.15, 0.2) is 65.2 Å². The first-order chi connectivity index (χ1) is 10.1. The van der Waals surface area contributed by atoms with Crippen molar-refractivity contribution in [3.63, 3.8) is 0 Å². The quantitative estimate of drug-likeness (QED) is 0.662. The van der Waals surface area contributed by atoms with Gasteiger partial charge in [-0.1, -0.05) is 85.5 Å². The first-order valence-electron chi connectivity index (χ1n) is 7.18. The lowest BCUT2D eigenvalue weighted by Gasteiger charge is -2.17. The van der Waals surface area contributed by atoms with Crippen LogP contribution in [0, 0.1) is 0 Å². The topological polar surface area (TPSA) is 26.0 Å². The number of hydrogen-bond donors (Lipinski definition) is 0. The molecule has 0 aliphatic rings. The Morgan fingerprint density at radius 3 is 1.81 bits per heavy atom. The minimum absolute atomic E-state index is 0.925. The largest absolute Gasteiger partial charge is 0.356 e. The molecular formula is C18H19NOSi. The molecular weight excluding hydrogens is 274 g/mol. The molecule has 0 amide bonds. The molecule has 0 N–H and O–H groups in total. The molecule has 2 nitrogen and oxygen atoms in total. The van der Waals surface area contributed by atoms with Crippen molar-refractivity contribution in [2.75, 3.05) is 0 Å². The lowest BCUT2D eigenvalue weighted by Crippen LogP contribution is -2.39. The van der Waals surface area contributed by atoms with Gasteiger partial charge < -0.3 is 4.52 Å². The maximum atomic E-state index is 5.75. The summed E-state index contributed by atoms with van der Waals surface area (Å²) in [5.74, 6) is 0.925. The molecule has 0 radical (unpaired) electrons. The van der Waals surface area contributed by atoms with Gasteiger partial charge in [-0.05, 0) is 0 Å². The zero-order chi connectivity index (χ0) is 14.9. The van der Waals surface area contributed by atoms with Gasteiger partial charge in [-0.3, -0.25) is 0 Å². The Hall–Kier alpha value is -2.13. The average molecular weight is 293 g/mol. The minimum Gasteiger partial charge on any atom is -0.356 e. The Bertz CT molecular complexity index is 670. The second-order valence-corrected chi connectivity index (χ2v) is 11.2. The molecule has 0 atom stereocenters. The van der Waals surface area contributed by atoms with Crippen LogP contribution < -0.4 is 5.19 Å². The first kappa shape index (κ1) is 13.8. The second-order valence-electron chi connectivity index (χ2n) is 6.22. The Morgan fingerprint density at radius 1 is 0.762 bits per heavy atom. The van der Waals surface area contributed by atoms with Gasteiger partial charge in [0.2, 0.25) is 0 Å². The summed E-state index contributed by atoms with van der Waals surface area (Å²) < 4.78 is 5.75. The standard InChI is InChI=1S/C18H19NOSi/c1-21(2,3)18-16(14-10-6-4-7-11-14)19-20-17(18)15-12-8-5-9-13-15/h4-13H,1-3H3. The lowest BCUT2D eigenvalue weighted by atomic mass is 10.1. The summed E-state index contributed by atoms with van der Waals surface area (Å²) in [7, 11) is -1.59. The molecule has 1 heterocycles. The van der Waals surface area contributed by atoms with Gasteiger partial charge in [0.15, 0.2) is 5.76 Å². The Kier molecular flexibility index (Phi) is 3.51. The summed E-state index contributed by atoms with van der Waals surface area (Å²) in [5, 5.41) is 5.68. The molecule has 0 aliphatic carbocycles. The van der Waals surface area contributed by atoms with E-state index in [1.54, 1.807) is 0 Å². The SMILES string of the molecule is C[Si](C)(C)c1c(-c2ccccc2)noc1-c1ccccc1. The molecule has 0 fully saturated rings. The molecule has 21 heavy (non-hydrogen) atoms. The van der Waals surface area contributed by atoms with Crippen LogP contribution >= 0.6 is 0 Å². The zero-order valence-corrected chi connectivity index (χ0v) is 13.6. The number of hydrogen-bond acceptors (Lipinski definition) is 2.